The monoisotopic (exact) mass is 246 g/mol. The van der Waals surface area contributed by atoms with Gasteiger partial charge in [-0.25, -0.2) is 4.79 Å². The molecule has 0 aromatic rings. The van der Waals surface area contributed by atoms with Crippen LogP contribution in [0.5, 0.6) is 0 Å². The summed E-state index contributed by atoms with van der Waals surface area (Å²) in [5, 5.41) is 9.29. The second kappa shape index (κ2) is 10.1. The van der Waals surface area contributed by atoms with Crippen molar-refractivity contribution in [3.8, 4) is 0 Å². The molecule has 0 rings (SSSR count). The number of ether oxygens (including phenoxy) is 2. The van der Waals surface area contributed by atoms with Crippen LogP contribution in [0.3, 0.4) is 0 Å². The zero-order valence-electron chi connectivity index (χ0n) is 10.6. The second-order valence-corrected chi connectivity index (χ2v) is 3.92. The van der Waals surface area contributed by atoms with E-state index in [0.29, 0.717) is 12.8 Å². The van der Waals surface area contributed by atoms with Gasteiger partial charge in [0.25, 0.3) is 0 Å². The minimum Gasteiger partial charge on any atom is -0.469 e. The van der Waals surface area contributed by atoms with Gasteiger partial charge in [-0.15, -0.1) is 0 Å². The average Bonchev–Trinajstić information content (AvgIpc) is 2.35. The number of methoxy groups -OCH3 is 2. The predicted octanol–water partition coefficient (Wildman–Crippen LogP) is 1.42. The molecule has 0 aromatic heterocycles. The molecule has 0 aliphatic heterocycles. The molecule has 0 aromatic carbocycles. The smallest absolute Gasteiger partial charge is 0.334 e. The van der Waals surface area contributed by atoms with Crippen molar-refractivity contribution in [3.05, 3.63) is 0 Å². The molecule has 0 saturated heterocycles. The Kier molecular flexibility index (Phi) is 9.43. The van der Waals surface area contributed by atoms with E-state index < -0.39 is 12.1 Å². The first kappa shape index (κ1) is 15.9. The molecule has 17 heavy (non-hydrogen) atoms. The molecule has 0 unspecified atom stereocenters. The predicted molar refractivity (Wildman–Crippen MR) is 62.4 cm³/mol. The summed E-state index contributed by atoms with van der Waals surface area (Å²) < 4.78 is 8.93. The summed E-state index contributed by atoms with van der Waals surface area (Å²) in [5.41, 5.74) is 0. The molecule has 0 heterocycles. The summed E-state index contributed by atoms with van der Waals surface area (Å²) in [6, 6.07) is 0. The van der Waals surface area contributed by atoms with Gasteiger partial charge in [-0.3, -0.25) is 4.79 Å². The third-order valence-electron chi connectivity index (χ3n) is 2.56. The zero-order valence-corrected chi connectivity index (χ0v) is 10.6. The fourth-order valence-electron chi connectivity index (χ4n) is 1.49. The van der Waals surface area contributed by atoms with Gasteiger partial charge < -0.3 is 14.6 Å². The second-order valence-electron chi connectivity index (χ2n) is 3.92. The molecule has 1 atom stereocenters. The van der Waals surface area contributed by atoms with E-state index in [1.165, 1.54) is 14.2 Å². The summed E-state index contributed by atoms with van der Waals surface area (Å²) in [5.74, 6) is -0.748. The van der Waals surface area contributed by atoms with Crippen molar-refractivity contribution < 1.29 is 24.2 Å². The average molecular weight is 246 g/mol. The molecule has 0 aliphatic rings. The van der Waals surface area contributed by atoms with Crippen molar-refractivity contribution in [2.45, 2.75) is 51.0 Å². The number of aliphatic hydroxyl groups excluding tert-OH is 1. The first-order valence-corrected chi connectivity index (χ1v) is 5.94. The highest BCUT2D eigenvalue weighted by Gasteiger charge is 2.13. The lowest BCUT2D eigenvalue weighted by Crippen LogP contribution is -2.21. The van der Waals surface area contributed by atoms with Crippen molar-refractivity contribution in [2.24, 2.45) is 0 Å². The molecule has 0 radical (unpaired) electrons. The van der Waals surface area contributed by atoms with Crippen LogP contribution in [0, 0.1) is 0 Å². The van der Waals surface area contributed by atoms with Crippen molar-refractivity contribution >= 4 is 11.9 Å². The van der Waals surface area contributed by atoms with E-state index in [4.69, 9.17) is 0 Å². The van der Waals surface area contributed by atoms with E-state index in [1.54, 1.807) is 0 Å². The first-order chi connectivity index (χ1) is 8.11. The van der Waals surface area contributed by atoms with Crippen LogP contribution in [0.1, 0.15) is 44.9 Å². The molecule has 0 aliphatic carbocycles. The Balaban J connectivity index is 3.29. The Labute approximate surface area is 102 Å². The van der Waals surface area contributed by atoms with Gasteiger partial charge in [0.15, 0.2) is 6.10 Å². The Morgan fingerprint density at radius 1 is 1.00 bits per heavy atom. The van der Waals surface area contributed by atoms with Crippen LogP contribution in [0.25, 0.3) is 0 Å². The standard InChI is InChI=1S/C12H22O5/c1-16-11(14)9-7-5-3-4-6-8-10(13)12(15)17-2/h10,13H,3-9H2,1-2H3/t10-/m0/s1. The highest BCUT2D eigenvalue weighted by Crippen LogP contribution is 2.09. The van der Waals surface area contributed by atoms with Crippen molar-refractivity contribution in [1.29, 1.82) is 0 Å². The van der Waals surface area contributed by atoms with Gasteiger partial charge in [0.2, 0.25) is 0 Å². The number of aliphatic hydroxyl groups is 1. The maximum Gasteiger partial charge on any atom is 0.334 e. The molecule has 0 spiro atoms. The van der Waals surface area contributed by atoms with Crippen molar-refractivity contribution in [3.63, 3.8) is 0 Å². The van der Waals surface area contributed by atoms with E-state index in [9.17, 15) is 14.7 Å². The molecular formula is C12H22O5. The van der Waals surface area contributed by atoms with Gasteiger partial charge in [0.05, 0.1) is 14.2 Å². The minimum absolute atomic E-state index is 0.175. The number of hydrogen-bond acceptors (Lipinski definition) is 5. The first-order valence-electron chi connectivity index (χ1n) is 5.94. The molecule has 5 heteroatoms. The van der Waals surface area contributed by atoms with E-state index in [1.807, 2.05) is 0 Å². The van der Waals surface area contributed by atoms with Gasteiger partial charge in [0, 0.05) is 6.42 Å². The fourth-order valence-corrected chi connectivity index (χ4v) is 1.49. The third-order valence-corrected chi connectivity index (χ3v) is 2.56. The maximum atomic E-state index is 10.9. The van der Waals surface area contributed by atoms with E-state index in [0.717, 1.165) is 32.1 Å². The van der Waals surface area contributed by atoms with Crippen molar-refractivity contribution in [2.75, 3.05) is 14.2 Å². The van der Waals surface area contributed by atoms with Gasteiger partial charge in [-0.05, 0) is 12.8 Å². The normalized spacial score (nSPS) is 11.9. The highest BCUT2D eigenvalue weighted by molar-refractivity contribution is 5.74. The SMILES string of the molecule is COC(=O)CCCCCCC[C@H](O)C(=O)OC. The number of carbonyl (C=O) groups excluding carboxylic acids is 2. The quantitative estimate of drug-likeness (QED) is 0.492. The van der Waals surface area contributed by atoms with Crippen LogP contribution in [-0.4, -0.2) is 37.4 Å². The topological polar surface area (TPSA) is 72.8 Å². The molecule has 5 nitrogen and oxygen atoms in total. The van der Waals surface area contributed by atoms with E-state index in [2.05, 4.69) is 9.47 Å². The van der Waals surface area contributed by atoms with E-state index in [-0.39, 0.29) is 5.97 Å². The molecule has 100 valence electrons. The molecule has 1 N–H and O–H groups in total. The molecule has 0 bridgehead atoms. The Hall–Kier alpha value is -1.10. The van der Waals surface area contributed by atoms with E-state index >= 15 is 0 Å². The van der Waals surface area contributed by atoms with Gasteiger partial charge in [-0.2, -0.15) is 0 Å². The highest BCUT2D eigenvalue weighted by atomic mass is 16.5. The van der Waals surface area contributed by atoms with Crippen LogP contribution >= 0.6 is 0 Å². The Bertz CT molecular complexity index is 227. The zero-order chi connectivity index (χ0) is 13.1. The van der Waals surface area contributed by atoms with Crippen LogP contribution < -0.4 is 0 Å². The van der Waals surface area contributed by atoms with Crippen LogP contribution in [0.15, 0.2) is 0 Å². The minimum atomic E-state index is -1.00. The summed E-state index contributed by atoms with van der Waals surface area (Å²) in [6.07, 6.45) is 4.39. The Morgan fingerprint density at radius 3 is 2.18 bits per heavy atom. The lowest BCUT2D eigenvalue weighted by Gasteiger charge is -2.07. The van der Waals surface area contributed by atoms with Crippen molar-refractivity contribution in [1.82, 2.24) is 0 Å². The number of carbonyl (C=O) groups is 2. The summed E-state index contributed by atoms with van der Waals surface area (Å²) in [4.78, 5) is 21.7. The van der Waals surface area contributed by atoms with Crippen LogP contribution in [-0.2, 0) is 19.1 Å². The number of unbranched alkanes of at least 4 members (excludes halogenated alkanes) is 4. The number of hydrogen-bond donors (Lipinski definition) is 1. The maximum absolute atomic E-state index is 10.9. The van der Waals surface area contributed by atoms with Crippen LogP contribution in [0.4, 0.5) is 0 Å². The molecular weight excluding hydrogens is 224 g/mol. The van der Waals surface area contributed by atoms with Gasteiger partial charge >= 0.3 is 11.9 Å². The lowest BCUT2D eigenvalue weighted by molar-refractivity contribution is -0.150. The lowest BCUT2D eigenvalue weighted by atomic mass is 10.1. The Morgan fingerprint density at radius 2 is 1.59 bits per heavy atom. The largest absolute Gasteiger partial charge is 0.469 e. The van der Waals surface area contributed by atoms with Gasteiger partial charge in [0.1, 0.15) is 0 Å². The summed E-state index contributed by atoms with van der Waals surface area (Å²) in [6.45, 7) is 0. The molecule has 0 fully saturated rings. The fraction of sp³-hybridized carbons (Fsp3) is 0.833. The number of rotatable bonds is 9. The molecule has 0 amide bonds. The molecule has 0 saturated carbocycles. The summed E-state index contributed by atoms with van der Waals surface area (Å²) >= 11 is 0. The summed E-state index contributed by atoms with van der Waals surface area (Å²) in [7, 11) is 2.65. The van der Waals surface area contributed by atoms with Gasteiger partial charge in [-0.1, -0.05) is 25.7 Å². The van der Waals surface area contributed by atoms with Crippen LogP contribution in [0.2, 0.25) is 0 Å². The third kappa shape index (κ3) is 8.68. The number of esters is 2.